The van der Waals surface area contributed by atoms with Crippen LogP contribution in [0.25, 0.3) is 0 Å². The highest BCUT2D eigenvalue weighted by Gasteiger charge is 2.51. The molecule has 0 bridgehead atoms. The maximum absolute atomic E-state index is 13.3. The van der Waals surface area contributed by atoms with Gasteiger partial charge in [-0.15, -0.1) is 0 Å². The summed E-state index contributed by atoms with van der Waals surface area (Å²) in [5.74, 6) is -4.41. The molecule has 3 heterocycles. The third-order valence-electron chi connectivity index (χ3n) is 7.44. The second-order valence-electron chi connectivity index (χ2n) is 10.5. The summed E-state index contributed by atoms with van der Waals surface area (Å²) in [5, 5.41) is 92.3. The number of phenolic OH excluding ortho intramolecular Hbond substituents is 2. The molecule has 0 aromatic heterocycles. The average molecular weight is 597 g/mol. The van der Waals surface area contributed by atoms with E-state index < -0.39 is 85.3 Å². The summed E-state index contributed by atoms with van der Waals surface area (Å²) >= 11 is 0. The predicted molar refractivity (Wildman–Crippen MR) is 135 cm³/mol. The van der Waals surface area contributed by atoms with Gasteiger partial charge in [0.05, 0.1) is 12.7 Å². The third-order valence-corrected chi connectivity index (χ3v) is 7.44. The fraction of sp³-hybridized carbons (Fsp3) is 0.519. The van der Waals surface area contributed by atoms with E-state index in [-0.39, 0.29) is 29.2 Å². The van der Waals surface area contributed by atoms with Crippen molar-refractivity contribution >= 4 is 5.78 Å². The number of phenols is 2. The van der Waals surface area contributed by atoms with Gasteiger partial charge in [0.25, 0.3) is 5.79 Å². The van der Waals surface area contributed by atoms with E-state index in [1.54, 1.807) is 0 Å². The van der Waals surface area contributed by atoms with Crippen LogP contribution < -0.4 is 9.47 Å². The minimum absolute atomic E-state index is 0.0243. The van der Waals surface area contributed by atoms with Gasteiger partial charge in [-0.25, -0.2) is 0 Å². The van der Waals surface area contributed by atoms with Gasteiger partial charge in [0, 0.05) is 18.6 Å². The first-order chi connectivity index (χ1) is 19.8. The molecule has 0 saturated carbocycles. The summed E-state index contributed by atoms with van der Waals surface area (Å²) in [6.07, 6.45) is -15.8. The summed E-state index contributed by atoms with van der Waals surface area (Å²) in [6.45, 7) is 0.894. The lowest BCUT2D eigenvalue weighted by atomic mass is 9.97. The number of ketones is 1. The van der Waals surface area contributed by atoms with E-state index >= 15 is 0 Å². The van der Waals surface area contributed by atoms with Crippen molar-refractivity contribution in [3.63, 3.8) is 0 Å². The number of fused-ring (bicyclic) bond motifs is 1. The predicted octanol–water partition coefficient (Wildman–Crippen LogP) is -2.37. The molecule has 3 aliphatic heterocycles. The highest BCUT2D eigenvalue weighted by atomic mass is 16.7. The zero-order chi connectivity index (χ0) is 30.5. The number of carbonyl (C=O) groups excluding carboxylic acids is 1. The Bertz CT molecular complexity index is 1290. The molecule has 15 heteroatoms. The van der Waals surface area contributed by atoms with Gasteiger partial charge in [-0.05, 0) is 24.6 Å². The maximum Gasteiger partial charge on any atom is 0.277 e. The lowest BCUT2D eigenvalue weighted by Crippen LogP contribution is -2.61. The van der Waals surface area contributed by atoms with Crippen LogP contribution in [0.4, 0.5) is 0 Å². The Kier molecular flexibility index (Phi) is 8.34. The number of Topliss-reactive ketones (excluding diaryl/α,β-unsaturated/α-hetero) is 1. The molecule has 2 fully saturated rings. The molecule has 0 radical (unpaired) electrons. The normalized spacial score (nSPS) is 38.1. The molecule has 3 aliphatic rings. The molecular formula is C27H32O15. The molecule has 0 amide bonds. The third kappa shape index (κ3) is 5.63. The van der Waals surface area contributed by atoms with Gasteiger partial charge in [0.2, 0.25) is 12.1 Å². The van der Waals surface area contributed by atoms with Crippen LogP contribution in [-0.4, -0.2) is 126 Å². The van der Waals surface area contributed by atoms with Crippen molar-refractivity contribution in [3.8, 4) is 23.0 Å². The van der Waals surface area contributed by atoms with Gasteiger partial charge in [-0.1, -0.05) is 12.1 Å². The summed E-state index contributed by atoms with van der Waals surface area (Å²) in [4.78, 5) is 13.3. The van der Waals surface area contributed by atoms with Crippen molar-refractivity contribution in [2.45, 2.75) is 80.5 Å². The maximum atomic E-state index is 13.3. The molecular weight excluding hydrogens is 564 g/mol. The fourth-order valence-electron chi connectivity index (χ4n) is 5.02. The average Bonchev–Trinajstić information content (AvgIpc) is 3.19. The van der Waals surface area contributed by atoms with Crippen molar-refractivity contribution in [1.29, 1.82) is 0 Å². The number of aromatic hydroxyl groups is 2. The Morgan fingerprint density at radius 1 is 0.810 bits per heavy atom. The van der Waals surface area contributed by atoms with Crippen LogP contribution in [-0.2, 0) is 20.6 Å². The van der Waals surface area contributed by atoms with Crippen molar-refractivity contribution in [2.24, 2.45) is 0 Å². The van der Waals surface area contributed by atoms with Crippen LogP contribution in [0, 0.1) is 0 Å². The Balaban J connectivity index is 1.32. The minimum Gasteiger partial charge on any atom is -0.508 e. The van der Waals surface area contributed by atoms with Crippen LogP contribution in [0.2, 0.25) is 0 Å². The van der Waals surface area contributed by atoms with Gasteiger partial charge < -0.3 is 69.6 Å². The van der Waals surface area contributed by atoms with Gasteiger partial charge >= 0.3 is 0 Å². The van der Waals surface area contributed by atoms with Gasteiger partial charge in [0.15, 0.2) is 6.29 Å². The van der Waals surface area contributed by atoms with E-state index in [1.807, 2.05) is 0 Å². The molecule has 0 aliphatic carbocycles. The summed E-state index contributed by atoms with van der Waals surface area (Å²) in [5.41, 5.74) is 0.149. The molecule has 42 heavy (non-hydrogen) atoms. The van der Waals surface area contributed by atoms with Crippen molar-refractivity contribution in [1.82, 2.24) is 0 Å². The Hall–Kier alpha value is -3.09. The van der Waals surface area contributed by atoms with Gasteiger partial charge in [-0.2, -0.15) is 0 Å². The molecule has 5 rings (SSSR count). The highest BCUT2D eigenvalue weighted by molar-refractivity contribution is 6.09. The first-order valence-electron chi connectivity index (χ1n) is 13.1. The molecule has 230 valence electrons. The Labute approximate surface area is 238 Å². The van der Waals surface area contributed by atoms with E-state index in [1.165, 1.54) is 31.2 Å². The number of aliphatic hydroxyl groups is 7. The largest absolute Gasteiger partial charge is 0.508 e. The van der Waals surface area contributed by atoms with Crippen molar-refractivity contribution in [3.05, 3.63) is 47.5 Å². The standard InChI is InChI=1S/C27H32O15/c1-10-18(30)20(32)22(34)25(39-10)38-9-16-19(31)21(33)23(35)26(41-16)40-14-6-13(29)7-15-17(14)24(36)27(37,42-15)8-11-2-4-12(28)5-3-11/h2-7,10,16,18-23,25-26,28-35,37H,8-9H2,1H3/t10-,16+,18+,19-,20-,21+,22-,23-,25-,26-,27-/m1/s1. The first kappa shape index (κ1) is 30.4. The number of aliphatic hydroxyl groups excluding tert-OH is 6. The Morgan fingerprint density at radius 2 is 1.45 bits per heavy atom. The van der Waals surface area contributed by atoms with E-state index in [9.17, 15) is 50.8 Å². The van der Waals surface area contributed by atoms with Crippen molar-refractivity contribution < 1.29 is 74.4 Å². The van der Waals surface area contributed by atoms with Crippen LogP contribution >= 0.6 is 0 Å². The number of carbonyl (C=O) groups is 1. The number of hydrogen-bond donors (Lipinski definition) is 9. The smallest absolute Gasteiger partial charge is 0.277 e. The highest BCUT2D eigenvalue weighted by Crippen LogP contribution is 2.44. The molecule has 2 aromatic rings. The Morgan fingerprint density at radius 3 is 2.14 bits per heavy atom. The van der Waals surface area contributed by atoms with Crippen LogP contribution in [0.15, 0.2) is 36.4 Å². The summed E-state index contributed by atoms with van der Waals surface area (Å²) < 4.78 is 27.6. The molecule has 2 aromatic carbocycles. The lowest BCUT2D eigenvalue weighted by molar-refractivity contribution is -0.318. The topological polar surface area (TPSA) is 245 Å². The summed E-state index contributed by atoms with van der Waals surface area (Å²) in [6, 6.07) is 7.75. The zero-order valence-corrected chi connectivity index (χ0v) is 22.1. The van der Waals surface area contributed by atoms with Crippen LogP contribution in [0.1, 0.15) is 22.8 Å². The molecule has 11 atom stereocenters. The fourth-order valence-corrected chi connectivity index (χ4v) is 5.02. The van der Waals surface area contributed by atoms with Crippen LogP contribution in [0.3, 0.4) is 0 Å². The van der Waals surface area contributed by atoms with Crippen LogP contribution in [0.5, 0.6) is 23.0 Å². The lowest BCUT2D eigenvalue weighted by Gasteiger charge is -2.42. The molecule has 15 nitrogen and oxygen atoms in total. The molecule has 2 saturated heterocycles. The SMILES string of the molecule is C[C@H]1O[C@@H](OC[C@@H]2O[C@@H](Oc3cc(O)cc4c3C(=O)[C@@](O)(Cc3ccc(O)cc3)O4)[C@H](O)[C@@H](O)[C@@H]2O)[C@H](O)[C@H](O)[C@H]1O. The van der Waals surface area contributed by atoms with E-state index in [4.69, 9.17) is 23.7 Å². The van der Waals surface area contributed by atoms with E-state index in [0.29, 0.717) is 5.56 Å². The van der Waals surface area contributed by atoms with E-state index in [0.717, 1.165) is 12.1 Å². The number of benzene rings is 2. The van der Waals surface area contributed by atoms with Gasteiger partial charge in [0.1, 0.15) is 71.3 Å². The quantitative estimate of drug-likeness (QED) is 0.162. The molecule has 0 unspecified atom stereocenters. The second-order valence-corrected chi connectivity index (χ2v) is 10.5. The first-order valence-corrected chi connectivity index (χ1v) is 13.1. The monoisotopic (exact) mass is 596 g/mol. The van der Waals surface area contributed by atoms with Crippen molar-refractivity contribution in [2.75, 3.05) is 6.61 Å². The van der Waals surface area contributed by atoms with Gasteiger partial charge in [-0.3, -0.25) is 4.79 Å². The molecule has 9 N–H and O–H groups in total. The molecule has 0 spiro atoms. The number of rotatable bonds is 7. The van der Waals surface area contributed by atoms with E-state index in [2.05, 4.69) is 0 Å². The zero-order valence-electron chi connectivity index (χ0n) is 22.1. The minimum atomic E-state index is -2.40. The summed E-state index contributed by atoms with van der Waals surface area (Å²) in [7, 11) is 0. The number of hydrogen-bond acceptors (Lipinski definition) is 15. The second kappa shape index (κ2) is 11.5. The number of ether oxygens (including phenoxy) is 5.